The van der Waals surface area contributed by atoms with Crippen molar-refractivity contribution in [2.75, 3.05) is 18.6 Å². The maximum absolute atomic E-state index is 12.1. The summed E-state index contributed by atoms with van der Waals surface area (Å²) in [4.78, 5) is 19.1. The Hall–Kier alpha value is -2.62. The molecular weight excluding hydrogens is 288 g/mol. The maximum Gasteiger partial charge on any atom is 0.340 e. The van der Waals surface area contributed by atoms with Gasteiger partial charge < -0.3 is 9.64 Å². The van der Waals surface area contributed by atoms with Crippen molar-refractivity contribution in [3.63, 3.8) is 0 Å². The molecule has 2 aromatic rings. The number of benzene rings is 2. The highest BCUT2D eigenvalue weighted by atomic mass is 16.5. The van der Waals surface area contributed by atoms with E-state index in [1.165, 1.54) is 7.11 Å². The van der Waals surface area contributed by atoms with Crippen LogP contribution in [0.2, 0.25) is 0 Å². The number of esters is 1. The second-order valence-electron chi connectivity index (χ2n) is 5.58. The first-order valence-electron chi connectivity index (χ1n) is 7.79. The molecule has 0 radical (unpaired) electrons. The van der Waals surface area contributed by atoms with Crippen molar-refractivity contribution in [3.8, 4) is 0 Å². The van der Waals surface area contributed by atoms with Crippen molar-refractivity contribution < 1.29 is 9.53 Å². The van der Waals surface area contributed by atoms with E-state index in [0.717, 1.165) is 36.5 Å². The molecule has 0 bridgehead atoms. The summed E-state index contributed by atoms with van der Waals surface area (Å²) in [6.45, 7) is 2.85. The molecular formula is C19H20N2O2. The van der Waals surface area contributed by atoms with Crippen molar-refractivity contribution >= 4 is 23.2 Å². The van der Waals surface area contributed by atoms with Crippen molar-refractivity contribution in [2.45, 2.75) is 19.8 Å². The van der Waals surface area contributed by atoms with E-state index < -0.39 is 0 Å². The van der Waals surface area contributed by atoms with Crippen LogP contribution in [0.25, 0.3) is 0 Å². The van der Waals surface area contributed by atoms with Crippen molar-refractivity contribution in [3.05, 3.63) is 59.7 Å². The van der Waals surface area contributed by atoms with Gasteiger partial charge in [-0.3, -0.25) is 0 Å². The molecule has 1 fully saturated rings. The first-order valence-corrected chi connectivity index (χ1v) is 7.79. The third kappa shape index (κ3) is 3.11. The molecule has 0 saturated carbocycles. The number of hydrogen-bond acceptors (Lipinski definition) is 3. The second kappa shape index (κ2) is 6.65. The lowest BCUT2D eigenvalue weighted by atomic mass is 10.1. The number of carbonyl (C=O) groups is 1. The second-order valence-corrected chi connectivity index (χ2v) is 5.58. The van der Waals surface area contributed by atoms with Crippen LogP contribution in [0.5, 0.6) is 0 Å². The average Bonchev–Trinajstić information content (AvgIpc) is 3.03. The normalized spacial score (nSPS) is 15.9. The Morgan fingerprint density at radius 1 is 1.13 bits per heavy atom. The van der Waals surface area contributed by atoms with Gasteiger partial charge in [-0.15, -0.1) is 0 Å². The number of rotatable bonds is 3. The molecule has 1 saturated heterocycles. The van der Waals surface area contributed by atoms with Gasteiger partial charge in [-0.1, -0.05) is 30.3 Å². The standard InChI is InChI=1S/C19H20N2O2/c1-14-8-6-11-16(18(14)19(22)23-2)20-17-12-7-13-21(17)15-9-4-3-5-10-15/h3-6,8-11H,7,12-13H2,1-2H3. The molecule has 0 amide bonds. The van der Waals surface area contributed by atoms with Crippen LogP contribution < -0.4 is 4.90 Å². The van der Waals surface area contributed by atoms with E-state index in [1.54, 1.807) is 0 Å². The van der Waals surface area contributed by atoms with Crippen LogP contribution in [0.15, 0.2) is 53.5 Å². The van der Waals surface area contributed by atoms with E-state index in [-0.39, 0.29) is 5.97 Å². The van der Waals surface area contributed by atoms with Gasteiger partial charge in [0.25, 0.3) is 0 Å². The summed E-state index contributed by atoms with van der Waals surface area (Å²) in [6.07, 6.45) is 1.97. The van der Waals surface area contributed by atoms with E-state index in [1.807, 2.05) is 43.3 Å². The number of hydrogen-bond donors (Lipinski definition) is 0. The van der Waals surface area contributed by atoms with Crippen molar-refractivity contribution in [1.29, 1.82) is 0 Å². The molecule has 0 N–H and O–H groups in total. The van der Waals surface area contributed by atoms with Gasteiger partial charge in [0.05, 0.1) is 18.4 Å². The number of methoxy groups -OCH3 is 1. The summed E-state index contributed by atoms with van der Waals surface area (Å²) >= 11 is 0. The van der Waals surface area contributed by atoms with Crippen LogP contribution >= 0.6 is 0 Å². The Labute approximate surface area is 136 Å². The summed E-state index contributed by atoms with van der Waals surface area (Å²) in [7, 11) is 1.40. The lowest BCUT2D eigenvalue weighted by Crippen LogP contribution is -2.24. The number of aryl methyl sites for hydroxylation is 1. The van der Waals surface area contributed by atoms with Crippen LogP contribution in [0.4, 0.5) is 11.4 Å². The lowest BCUT2D eigenvalue weighted by Gasteiger charge is -2.19. The van der Waals surface area contributed by atoms with Crippen molar-refractivity contribution in [2.24, 2.45) is 4.99 Å². The highest BCUT2D eigenvalue weighted by Crippen LogP contribution is 2.28. The Bertz CT molecular complexity index is 738. The van der Waals surface area contributed by atoms with E-state index in [9.17, 15) is 4.79 Å². The molecule has 4 heteroatoms. The van der Waals surface area contributed by atoms with Crippen molar-refractivity contribution in [1.82, 2.24) is 0 Å². The first-order chi connectivity index (χ1) is 11.2. The molecule has 23 heavy (non-hydrogen) atoms. The highest BCUT2D eigenvalue weighted by Gasteiger charge is 2.22. The summed E-state index contributed by atoms with van der Waals surface area (Å²) in [5.74, 6) is 0.652. The number of carbonyl (C=O) groups excluding carboxylic acids is 1. The fraction of sp³-hybridized carbons (Fsp3) is 0.263. The Kier molecular flexibility index (Phi) is 4.42. The number of amidine groups is 1. The summed E-state index contributed by atoms with van der Waals surface area (Å²) < 4.78 is 4.91. The van der Waals surface area contributed by atoms with Crippen LogP contribution in [-0.2, 0) is 4.74 Å². The lowest BCUT2D eigenvalue weighted by molar-refractivity contribution is 0.0601. The molecule has 118 valence electrons. The largest absolute Gasteiger partial charge is 0.465 e. The molecule has 1 aliphatic rings. The minimum Gasteiger partial charge on any atom is -0.465 e. The molecule has 0 spiro atoms. The topological polar surface area (TPSA) is 41.9 Å². The molecule has 0 aromatic heterocycles. The molecule has 0 aliphatic carbocycles. The molecule has 1 aliphatic heterocycles. The van der Waals surface area contributed by atoms with E-state index in [2.05, 4.69) is 17.0 Å². The third-order valence-corrected chi connectivity index (χ3v) is 4.05. The van der Waals surface area contributed by atoms with Crippen LogP contribution in [0.1, 0.15) is 28.8 Å². The molecule has 3 rings (SSSR count). The van der Waals surface area contributed by atoms with Gasteiger partial charge in [-0.05, 0) is 37.1 Å². The minimum absolute atomic E-state index is 0.341. The van der Waals surface area contributed by atoms with Gasteiger partial charge in [0, 0.05) is 18.7 Å². The molecule has 2 aromatic carbocycles. The zero-order valence-electron chi connectivity index (χ0n) is 13.5. The highest BCUT2D eigenvalue weighted by molar-refractivity contribution is 6.03. The maximum atomic E-state index is 12.1. The first kappa shape index (κ1) is 15.3. The number of anilines is 1. The SMILES string of the molecule is COC(=O)c1c(C)cccc1N=C1CCCN1c1ccccc1. The number of para-hydroxylation sites is 1. The van der Waals surface area contributed by atoms with Gasteiger partial charge >= 0.3 is 5.97 Å². The van der Waals surface area contributed by atoms with Gasteiger partial charge in [0.2, 0.25) is 0 Å². The van der Waals surface area contributed by atoms with Gasteiger partial charge in [0.15, 0.2) is 0 Å². The summed E-state index contributed by atoms with van der Waals surface area (Å²) in [5, 5.41) is 0. The number of ether oxygens (including phenoxy) is 1. The number of nitrogens with zero attached hydrogens (tertiary/aromatic N) is 2. The quantitative estimate of drug-likeness (QED) is 0.801. The van der Waals surface area contributed by atoms with Gasteiger partial charge in [-0.25, -0.2) is 9.79 Å². The molecule has 4 nitrogen and oxygen atoms in total. The molecule has 0 unspecified atom stereocenters. The van der Waals surface area contributed by atoms with Gasteiger partial charge in [0.1, 0.15) is 5.84 Å². The fourth-order valence-electron chi connectivity index (χ4n) is 2.91. The molecule has 0 atom stereocenters. The number of aliphatic imine (C=N–C) groups is 1. The summed E-state index contributed by atoms with van der Waals surface area (Å²) in [5.41, 5.74) is 3.23. The third-order valence-electron chi connectivity index (χ3n) is 4.05. The fourth-order valence-corrected chi connectivity index (χ4v) is 2.91. The van der Waals surface area contributed by atoms with Crippen LogP contribution in [0.3, 0.4) is 0 Å². The zero-order chi connectivity index (χ0) is 16.2. The smallest absolute Gasteiger partial charge is 0.340 e. The predicted molar refractivity (Wildman–Crippen MR) is 92.6 cm³/mol. The van der Waals surface area contributed by atoms with Gasteiger partial charge in [-0.2, -0.15) is 0 Å². The Morgan fingerprint density at radius 3 is 2.65 bits per heavy atom. The Morgan fingerprint density at radius 2 is 1.91 bits per heavy atom. The molecule has 1 heterocycles. The monoisotopic (exact) mass is 308 g/mol. The average molecular weight is 308 g/mol. The van der Waals surface area contributed by atoms with E-state index in [0.29, 0.717) is 11.3 Å². The Balaban J connectivity index is 2.01. The zero-order valence-corrected chi connectivity index (χ0v) is 13.5. The van der Waals surface area contributed by atoms with E-state index >= 15 is 0 Å². The van der Waals surface area contributed by atoms with Crippen LogP contribution in [0, 0.1) is 6.92 Å². The summed E-state index contributed by atoms with van der Waals surface area (Å²) in [6, 6.07) is 15.9. The van der Waals surface area contributed by atoms with Crippen LogP contribution in [-0.4, -0.2) is 25.5 Å². The van der Waals surface area contributed by atoms with E-state index in [4.69, 9.17) is 9.73 Å². The predicted octanol–water partition coefficient (Wildman–Crippen LogP) is 4.11. The minimum atomic E-state index is -0.341.